The number of ether oxygens (including phenoxy) is 1. The molecule has 0 spiro atoms. The normalized spacial score (nSPS) is 14.1. The van der Waals surface area contributed by atoms with E-state index in [2.05, 4.69) is 63.5 Å². The van der Waals surface area contributed by atoms with Crippen LogP contribution in [0.15, 0.2) is 23.8 Å². The molecule has 0 aromatic heterocycles. The zero-order chi connectivity index (χ0) is 19.1. The van der Waals surface area contributed by atoms with E-state index in [1.54, 1.807) is 6.92 Å². The maximum atomic E-state index is 11.5. The molecular formula is C19H34O2S4. The van der Waals surface area contributed by atoms with Crippen LogP contribution in [0, 0.1) is 11.3 Å². The van der Waals surface area contributed by atoms with Crippen LogP contribution in [0.2, 0.25) is 0 Å². The third kappa shape index (κ3) is 10.9. The van der Waals surface area contributed by atoms with Crippen LogP contribution in [-0.2, 0) is 9.53 Å². The van der Waals surface area contributed by atoms with Crippen molar-refractivity contribution in [3.63, 3.8) is 0 Å². The number of carbonyl (C=O) groups excluding carboxylic acids is 1. The van der Waals surface area contributed by atoms with E-state index in [0.717, 1.165) is 48.5 Å². The van der Waals surface area contributed by atoms with Crippen LogP contribution in [0.25, 0.3) is 0 Å². The summed E-state index contributed by atoms with van der Waals surface area (Å²) >= 11 is 17.8. The standard InChI is InChI=1S/C19H34O2S4/c1-3-19(14-24,15-25)10-6-9-16(12-22)7-5-8-17(13-23)11-18(20)21-4-2/h5,8,11,16,22-25H,3-4,6-7,9-10,12-15H2,1-2H3. The zero-order valence-electron chi connectivity index (χ0n) is 15.5. The van der Waals surface area contributed by atoms with Crippen LogP contribution in [0.3, 0.4) is 0 Å². The number of hydrogen-bond acceptors (Lipinski definition) is 6. The third-order valence-electron chi connectivity index (χ3n) is 4.57. The van der Waals surface area contributed by atoms with Crippen molar-refractivity contribution in [1.29, 1.82) is 0 Å². The minimum absolute atomic E-state index is 0.255. The van der Waals surface area contributed by atoms with E-state index in [9.17, 15) is 4.79 Å². The molecule has 0 fully saturated rings. The Balaban J connectivity index is 4.46. The number of carbonyl (C=O) groups is 1. The van der Waals surface area contributed by atoms with E-state index in [1.807, 2.05) is 6.08 Å². The predicted octanol–water partition coefficient (Wildman–Crippen LogP) is 5.32. The molecule has 0 aromatic rings. The van der Waals surface area contributed by atoms with E-state index >= 15 is 0 Å². The van der Waals surface area contributed by atoms with Gasteiger partial charge in [0.1, 0.15) is 0 Å². The molecule has 0 aliphatic rings. The molecule has 0 aliphatic heterocycles. The second-order valence-electron chi connectivity index (χ2n) is 6.38. The average molecular weight is 423 g/mol. The van der Waals surface area contributed by atoms with Gasteiger partial charge in [-0.05, 0) is 66.8 Å². The molecule has 0 aromatic carbocycles. The number of allylic oxidation sites excluding steroid dienone is 2. The molecule has 1 atom stereocenters. The monoisotopic (exact) mass is 422 g/mol. The van der Waals surface area contributed by atoms with Crippen LogP contribution >= 0.6 is 50.5 Å². The van der Waals surface area contributed by atoms with Crippen LogP contribution in [0.4, 0.5) is 0 Å². The quantitative estimate of drug-likeness (QED) is 0.132. The summed E-state index contributed by atoms with van der Waals surface area (Å²) in [6.45, 7) is 4.41. The maximum Gasteiger partial charge on any atom is 0.331 e. The summed E-state index contributed by atoms with van der Waals surface area (Å²) in [5, 5.41) is 0. The molecule has 1 unspecified atom stereocenters. The van der Waals surface area contributed by atoms with Gasteiger partial charge in [0.15, 0.2) is 0 Å². The second kappa shape index (κ2) is 15.4. The van der Waals surface area contributed by atoms with Crippen molar-refractivity contribution in [3.8, 4) is 0 Å². The van der Waals surface area contributed by atoms with Gasteiger partial charge in [0.05, 0.1) is 6.61 Å². The van der Waals surface area contributed by atoms with Gasteiger partial charge in [-0.15, -0.1) is 0 Å². The molecular weight excluding hydrogens is 388 g/mol. The summed E-state index contributed by atoms with van der Waals surface area (Å²) in [4.78, 5) is 11.5. The molecule has 0 heterocycles. The van der Waals surface area contributed by atoms with E-state index in [-0.39, 0.29) is 11.4 Å². The second-order valence-corrected chi connectivity index (χ2v) is 7.69. The Hall–Kier alpha value is 0.350. The highest BCUT2D eigenvalue weighted by molar-refractivity contribution is 7.81. The summed E-state index contributed by atoms with van der Waals surface area (Å²) in [7, 11) is 0. The van der Waals surface area contributed by atoms with Crippen LogP contribution in [0.1, 0.15) is 46.0 Å². The summed E-state index contributed by atoms with van der Waals surface area (Å²) < 4.78 is 4.93. The van der Waals surface area contributed by atoms with Gasteiger partial charge in [-0.3, -0.25) is 0 Å². The summed E-state index contributed by atoms with van der Waals surface area (Å²) in [6, 6.07) is 0. The fourth-order valence-electron chi connectivity index (χ4n) is 2.55. The highest BCUT2D eigenvalue weighted by atomic mass is 32.1. The Morgan fingerprint density at radius 3 is 2.32 bits per heavy atom. The third-order valence-corrected chi connectivity index (χ3v) is 6.80. The van der Waals surface area contributed by atoms with Crippen molar-refractivity contribution in [3.05, 3.63) is 23.8 Å². The fourth-order valence-corrected chi connectivity index (χ4v) is 4.24. The first-order valence-corrected chi connectivity index (χ1v) is 11.5. The number of thiol groups is 4. The minimum atomic E-state index is -0.309. The summed E-state index contributed by atoms with van der Waals surface area (Å²) in [6.07, 6.45) is 11.2. The number of rotatable bonds is 14. The highest BCUT2D eigenvalue weighted by Gasteiger charge is 2.24. The molecule has 0 rings (SSSR count). The molecule has 0 N–H and O–H groups in total. The molecule has 0 bridgehead atoms. The molecule has 0 amide bonds. The average Bonchev–Trinajstić information content (AvgIpc) is 2.63. The summed E-state index contributed by atoms with van der Waals surface area (Å²) in [5.41, 5.74) is 1.12. The van der Waals surface area contributed by atoms with Gasteiger partial charge >= 0.3 is 5.97 Å². The molecule has 2 nitrogen and oxygen atoms in total. The Kier molecular flexibility index (Phi) is 15.6. The maximum absolute atomic E-state index is 11.5. The lowest BCUT2D eigenvalue weighted by molar-refractivity contribution is -0.137. The van der Waals surface area contributed by atoms with Crippen LogP contribution in [0.5, 0.6) is 0 Å². The minimum Gasteiger partial charge on any atom is -0.463 e. The largest absolute Gasteiger partial charge is 0.463 e. The van der Waals surface area contributed by atoms with Crippen molar-refractivity contribution in [2.45, 2.75) is 46.0 Å². The molecule has 0 saturated heterocycles. The lowest BCUT2D eigenvalue weighted by atomic mass is 9.82. The first-order valence-electron chi connectivity index (χ1n) is 8.98. The van der Waals surface area contributed by atoms with Gasteiger partial charge in [0, 0.05) is 11.8 Å². The SMILES string of the molecule is CCOC(=O)C=C(C=CCC(CS)CCCC(CC)(CS)CS)CS. The lowest BCUT2D eigenvalue weighted by Gasteiger charge is -2.29. The van der Waals surface area contributed by atoms with E-state index in [0.29, 0.717) is 18.3 Å². The Bertz CT molecular complexity index is 409. The Morgan fingerprint density at radius 2 is 1.84 bits per heavy atom. The first kappa shape index (κ1) is 25.4. The smallest absolute Gasteiger partial charge is 0.331 e. The highest BCUT2D eigenvalue weighted by Crippen LogP contribution is 2.32. The Morgan fingerprint density at radius 1 is 1.16 bits per heavy atom. The van der Waals surface area contributed by atoms with Crippen molar-refractivity contribution in [2.24, 2.45) is 11.3 Å². The van der Waals surface area contributed by atoms with Crippen molar-refractivity contribution < 1.29 is 9.53 Å². The molecule has 0 saturated carbocycles. The van der Waals surface area contributed by atoms with Gasteiger partial charge in [-0.25, -0.2) is 4.79 Å². The van der Waals surface area contributed by atoms with Gasteiger partial charge in [-0.1, -0.05) is 25.5 Å². The number of esters is 1. The predicted molar refractivity (Wildman–Crippen MR) is 124 cm³/mol. The molecule has 6 heteroatoms. The van der Waals surface area contributed by atoms with Gasteiger partial charge < -0.3 is 4.74 Å². The van der Waals surface area contributed by atoms with Crippen molar-refractivity contribution >= 4 is 56.5 Å². The molecule has 146 valence electrons. The van der Waals surface area contributed by atoms with Crippen LogP contribution in [-0.4, -0.2) is 35.6 Å². The van der Waals surface area contributed by atoms with Gasteiger partial charge in [-0.2, -0.15) is 50.5 Å². The molecule has 0 radical (unpaired) electrons. The summed E-state index contributed by atoms with van der Waals surface area (Å²) in [5.74, 6) is 3.39. The van der Waals surface area contributed by atoms with Gasteiger partial charge in [0.2, 0.25) is 0 Å². The van der Waals surface area contributed by atoms with Crippen LogP contribution < -0.4 is 0 Å². The lowest BCUT2D eigenvalue weighted by Crippen LogP contribution is -2.24. The van der Waals surface area contributed by atoms with E-state index in [1.165, 1.54) is 12.5 Å². The number of hydrogen-bond donors (Lipinski definition) is 4. The Labute approximate surface area is 176 Å². The van der Waals surface area contributed by atoms with Crippen molar-refractivity contribution in [2.75, 3.05) is 29.6 Å². The fraction of sp³-hybridized carbons (Fsp3) is 0.737. The van der Waals surface area contributed by atoms with Gasteiger partial charge in [0.25, 0.3) is 0 Å². The van der Waals surface area contributed by atoms with E-state index < -0.39 is 0 Å². The van der Waals surface area contributed by atoms with Crippen molar-refractivity contribution in [1.82, 2.24) is 0 Å². The first-order chi connectivity index (χ1) is 12.0. The zero-order valence-corrected chi connectivity index (χ0v) is 19.1. The topological polar surface area (TPSA) is 26.3 Å². The molecule has 25 heavy (non-hydrogen) atoms. The molecule has 0 aliphatic carbocycles. The van der Waals surface area contributed by atoms with E-state index in [4.69, 9.17) is 4.74 Å².